The molecule has 0 radical (unpaired) electrons. The van der Waals surface area contributed by atoms with Gasteiger partial charge in [-0.25, -0.2) is 4.68 Å². The number of ether oxygens (including phenoxy) is 3. The first-order valence-corrected chi connectivity index (χ1v) is 10.9. The van der Waals surface area contributed by atoms with E-state index < -0.39 is 34.0 Å². The van der Waals surface area contributed by atoms with E-state index in [2.05, 4.69) is 10.4 Å². The molecular formula is C23H23F3N4O6. The quantitative estimate of drug-likeness (QED) is 0.373. The van der Waals surface area contributed by atoms with E-state index in [-0.39, 0.29) is 22.9 Å². The Hall–Kier alpha value is -3.87. The van der Waals surface area contributed by atoms with Gasteiger partial charge in [0.2, 0.25) is 0 Å². The minimum Gasteiger partial charge on any atom is -0.493 e. The number of aromatic nitrogens is 2. The van der Waals surface area contributed by atoms with Crippen LogP contribution in [0, 0.1) is 10.1 Å². The Kier molecular flexibility index (Phi) is 6.76. The average molecular weight is 508 g/mol. The summed E-state index contributed by atoms with van der Waals surface area (Å²) in [7, 11) is 2.87. The molecule has 0 amide bonds. The molecule has 2 atom stereocenters. The molecule has 1 aliphatic rings. The fourth-order valence-electron chi connectivity index (χ4n) is 3.94. The summed E-state index contributed by atoms with van der Waals surface area (Å²) in [6, 6.07) is 4.63. The highest BCUT2D eigenvalue weighted by atomic mass is 19.4. The Balaban J connectivity index is 1.79. The molecule has 13 heteroatoms. The van der Waals surface area contributed by atoms with Crippen molar-refractivity contribution >= 4 is 22.3 Å². The van der Waals surface area contributed by atoms with Crippen molar-refractivity contribution in [1.29, 1.82) is 0 Å². The first-order chi connectivity index (χ1) is 17.0. The Morgan fingerprint density at radius 1 is 1.22 bits per heavy atom. The number of alkyl halides is 3. The first kappa shape index (κ1) is 25.2. The van der Waals surface area contributed by atoms with Crippen LogP contribution in [-0.2, 0) is 18.0 Å². The second-order valence-corrected chi connectivity index (χ2v) is 8.36. The standard InChI is InChI=1S/C23H23F3N4O6/c1-12(13-6-14(23(24,25)26)8-15(7-13)30(32)33)27-21-17-9-20(36-16-4-5-35-11-16)19(34-3)10-18(17)22(31)29(2)28-21/h6-10,12,16H,4-5,11H2,1-3H3,(H,27,28)/t12?,16-/m0/s1. The van der Waals surface area contributed by atoms with Gasteiger partial charge in [-0.3, -0.25) is 14.9 Å². The molecular weight excluding hydrogens is 485 g/mol. The molecule has 0 aliphatic carbocycles. The highest BCUT2D eigenvalue weighted by Gasteiger charge is 2.33. The van der Waals surface area contributed by atoms with Gasteiger partial charge in [0.15, 0.2) is 17.3 Å². The lowest BCUT2D eigenvalue weighted by Gasteiger charge is -2.20. The highest BCUT2D eigenvalue weighted by molar-refractivity contribution is 5.93. The van der Waals surface area contributed by atoms with Crippen LogP contribution in [0.25, 0.3) is 10.8 Å². The van der Waals surface area contributed by atoms with Gasteiger partial charge in [-0.1, -0.05) is 0 Å². The molecule has 0 bridgehead atoms. The predicted molar refractivity (Wildman–Crippen MR) is 124 cm³/mol. The Morgan fingerprint density at radius 2 is 1.94 bits per heavy atom. The zero-order valence-corrected chi connectivity index (χ0v) is 19.6. The van der Waals surface area contributed by atoms with Crippen LogP contribution in [0.3, 0.4) is 0 Å². The molecule has 1 unspecified atom stereocenters. The molecule has 1 saturated heterocycles. The lowest BCUT2D eigenvalue weighted by Crippen LogP contribution is -2.23. The Labute approximate surface area is 202 Å². The van der Waals surface area contributed by atoms with E-state index in [1.165, 1.54) is 27.1 Å². The summed E-state index contributed by atoms with van der Waals surface area (Å²) >= 11 is 0. The van der Waals surface area contributed by atoms with Crippen LogP contribution in [0.5, 0.6) is 11.5 Å². The van der Waals surface area contributed by atoms with Crippen molar-refractivity contribution in [1.82, 2.24) is 9.78 Å². The van der Waals surface area contributed by atoms with Crippen molar-refractivity contribution in [3.05, 3.63) is 61.9 Å². The minimum atomic E-state index is -4.77. The number of non-ortho nitro benzene ring substituents is 1. The second kappa shape index (κ2) is 9.64. The molecule has 1 aromatic heterocycles. The van der Waals surface area contributed by atoms with Gasteiger partial charge in [0.25, 0.3) is 11.2 Å². The van der Waals surface area contributed by atoms with E-state index in [0.717, 1.165) is 16.8 Å². The number of nitrogens with one attached hydrogen (secondary N) is 1. The summed E-state index contributed by atoms with van der Waals surface area (Å²) in [4.78, 5) is 23.2. The van der Waals surface area contributed by atoms with Gasteiger partial charge in [-0.05, 0) is 30.7 Å². The molecule has 192 valence electrons. The van der Waals surface area contributed by atoms with Crippen LogP contribution in [-0.4, -0.2) is 41.1 Å². The average Bonchev–Trinajstić information content (AvgIpc) is 3.34. The van der Waals surface area contributed by atoms with Crippen molar-refractivity contribution in [2.75, 3.05) is 25.6 Å². The zero-order valence-electron chi connectivity index (χ0n) is 19.6. The monoisotopic (exact) mass is 508 g/mol. The Morgan fingerprint density at radius 3 is 2.56 bits per heavy atom. The maximum atomic E-state index is 13.4. The normalized spacial score (nSPS) is 16.7. The molecule has 4 rings (SSSR count). The molecule has 10 nitrogen and oxygen atoms in total. The van der Waals surface area contributed by atoms with Gasteiger partial charge in [-0.2, -0.15) is 18.3 Å². The summed E-state index contributed by atoms with van der Waals surface area (Å²) < 4.78 is 57.9. The van der Waals surface area contributed by atoms with E-state index in [4.69, 9.17) is 14.2 Å². The third kappa shape index (κ3) is 5.05. The minimum absolute atomic E-state index is 0.0217. The molecule has 1 aliphatic heterocycles. The fourth-order valence-corrected chi connectivity index (χ4v) is 3.94. The Bertz CT molecular complexity index is 1370. The lowest BCUT2D eigenvalue weighted by molar-refractivity contribution is -0.385. The summed E-state index contributed by atoms with van der Waals surface area (Å²) in [6.45, 7) is 2.48. The largest absolute Gasteiger partial charge is 0.493 e. The predicted octanol–water partition coefficient (Wildman–Crippen LogP) is 4.21. The van der Waals surface area contributed by atoms with E-state index in [1.807, 2.05) is 0 Å². The molecule has 36 heavy (non-hydrogen) atoms. The number of rotatable bonds is 7. The molecule has 2 aromatic carbocycles. The summed E-state index contributed by atoms with van der Waals surface area (Å²) in [6.07, 6.45) is -4.31. The molecule has 1 N–H and O–H groups in total. The lowest BCUT2D eigenvalue weighted by atomic mass is 10.0. The van der Waals surface area contributed by atoms with Gasteiger partial charge in [0.05, 0.1) is 42.2 Å². The van der Waals surface area contributed by atoms with Gasteiger partial charge < -0.3 is 19.5 Å². The van der Waals surface area contributed by atoms with E-state index in [1.54, 1.807) is 6.07 Å². The number of methoxy groups -OCH3 is 1. The van der Waals surface area contributed by atoms with Crippen LogP contribution in [0.1, 0.15) is 30.5 Å². The summed E-state index contributed by atoms with van der Waals surface area (Å²) in [5, 5.41) is 19.1. The van der Waals surface area contributed by atoms with Crippen molar-refractivity contribution in [3.63, 3.8) is 0 Å². The number of hydrogen-bond acceptors (Lipinski definition) is 8. The first-order valence-electron chi connectivity index (χ1n) is 10.9. The molecule has 0 saturated carbocycles. The second-order valence-electron chi connectivity index (χ2n) is 8.36. The maximum Gasteiger partial charge on any atom is 0.416 e. The number of halogens is 3. The van der Waals surface area contributed by atoms with Crippen molar-refractivity contribution < 1.29 is 32.3 Å². The van der Waals surface area contributed by atoms with Crippen LogP contribution in [0.4, 0.5) is 24.7 Å². The summed E-state index contributed by atoms with van der Waals surface area (Å²) in [5.74, 6) is 0.848. The number of hydrogen-bond donors (Lipinski definition) is 1. The number of nitro groups is 1. The van der Waals surface area contributed by atoms with Gasteiger partial charge in [-0.15, -0.1) is 0 Å². The number of fused-ring (bicyclic) bond motifs is 1. The topological polar surface area (TPSA) is 118 Å². The molecule has 2 heterocycles. The van der Waals surface area contributed by atoms with Crippen molar-refractivity contribution in [3.8, 4) is 11.5 Å². The molecule has 3 aromatic rings. The number of nitro benzene ring substituents is 1. The van der Waals surface area contributed by atoms with Gasteiger partial charge in [0.1, 0.15) is 6.10 Å². The van der Waals surface area contributed by atoms with E-state index in [9.17, 15) is 28.1 Å². The van der Waals surface area contributed by atoms with Crippen molar-refractivity contribution in [2.24, 2.45) is 7.05 Å². The summed E-state index contributed by atoms with van der Waals surface area (Å²) in [5.41, 5.74) is -2.23. The van der Waals surface area contributed by atoms with Crippen LogP contribution in [0.15, 0.2) is 35.1 Å². The number of anilines is 1. The third-order valence-corrected chi connectivity index (χ3v) is 5.85. The smallest absolute Gasteiger partial charge is 0.416 e. The van der Waals surface area contributed by atoms with Crippen LogP contribution in [0.2, 0.25) is 0 Å². The highest BCUT2D eigenvalue weighted by Crippen LogP contribution is 2.37. The van der Waals surface area contributed by atoms with Gasteiger partial charge >= 0.3 is 6.18 Å². The molecule has 1 fully saturated rings. The maximum absolute atomic E-state index is 13.4. The molecule has 0 spiro atoms. The SMILES string of the molecule is COc1cc2c(=O)n(C)nc(NC(C)c3cc([N+](=O)[O-])cc(C(F)(F)F)c3)c2cc1O[C@H]1CCOC1. The number of benzene rings is 2. The number of nitrogens with zero attached hydrogens (tertiary/aromatic N) is 3. The number of aryl methyl sites for hydroxylation is 1. The van der Waals surface area contributed by atoms with Crippen molar-refractivity contribution in [2.45, 2.75) is 31.7 Å². The third-order valence-electron chi connectivity index (χ3n) is 5.85. The van der Waals surface area contributed by atoms with E-state index >= 15 is 0 Å². The van der Waals surface area contributed by atoms with Crippen LogP contribution >= 0.6 is 0 Å². The van der Waals surface area contributed by atoms with Gasteiger partial charge in [0, 0.05) is 31.0 Å². The fraction of sp³-hybridized carbons (Fsp3) is 0.391. The van der Waals surface area contributed by atoms with Crippen LogP contribution < -0.4 is 20.3 Å². The van der Waals surface area contributed by atoms with E-state index in [0.29, 0.717) is 42.6 Å². The zero-order chi connectivity index (χ0) is 26.2.